The van der Waals surface area contributed by atoms with E-state index in [1.165, 1.54) is 70.6 Å². The van der Waals surface area contributed by atoms with Crippen LogP contribution in [0, 0.1) is 0 Å². The van der Waals surface area contributed by atoms with Gasteiger partial charge >= 0.3 is 17.9 Å². The van der Waals surface area contributed by atoms with Crippen LogP contribution in [0.2, 0.25) is 0 Å². The zero-order valence-corrected chi connectivity index (χ0v) is 39.6. The third-order valence-corrected chi connectivity index (χ3v) is 9.91. The highest BCUT2D eigenvalue weighted by Crippen LogP contribution is 2.14. The molecule has 0 aliphatic rings. The SMILES string of the molecule is CC\C=C/C=C\C=C/C=C\C=C\C=C/C=C\CCCCCC(=O)OCC(COC(=O)CCC/C=C\C/C=C\C/C=C\CC)OC(=O)CCCCCCCCCCCCCCCC. The second kappa shape index (κ2) is 49.5. The van der Waals surface area contributed by atoms with Crippen molar-refractivity contribution in [1.82, 2.24) is 0 Å². The Balaban J connectivity index is 4.54. The molecule has 0 saturated heterocycles. The first-order valence-electron chi connectivity index (χ1n) is 24.6. The van der Waals surface area contributed by atoms with Crippen molar-refractivity contribution < 1.29 is 28.6 Å². The van der Waals surface area contributed by atoms with Gasteiger partial charge in [0, 0.05) is 19.3 Å². The fraction of sp³-hybridized carbons (Fsp3) is 0.589. The standard InChI is InChI=1S/C56H88O6/c1-4-7-10-13-16-19-22-24-26-27-28-29-30-32-34-37-40-43-46-49-55(58)61-52-53(51-60-54(57)48-45-42-39-36-33-21-18-15-12-9-6-3)62-56(59)50-47-44-41-38-35-31-25-23-20-17-14-11-8-5-2/h7,9-10,12-13,16,18-19,21-22,24,26-30,32,34,36,39,53H,4-6,8,11,14-15,17,20,23,25,31,33,35,37-38,40-52H2,1-3H3/b10-7-,12-9-,16-13-,21-18-,22-19-,26-24-,28-27+,30-29-,34-32-,39-36-. The number of esters is 3. The maximum atomic E-state index is 12.8. The van der Waals surface area contributed by atoms with Crippen molar-refractivity contribution in [2.75, 3.05) is 13.2 Å². The van der Waals surface area contributed by atoms with Gasteiger partial charge in [0.2, 0.25) is 0 Å². The van der Waals surface area contributed by atoms with Gasteiger partial charge in [0.15, 0.2) is 6.10 Å². The van der Waals surface area contributed by atoms with E-state index in [9.17, 15) is 14.4 Å². The van der Waals surface area contributed by atoms with Gasteiger partial charge < -0.3 is 14.2 Å². The number of ether oxygens (including phenoxy) is 3. The highest BCUT2D eigenvalue weighted by atomic mass is 16.6. The van der Waals surface area contributed by atoms with E-state index in [2.05, 4.69) is 69.4 Å². The van der Waals surface area contributed by atoms with E-state index in [-0.39, 0.29) is 37.5 Å². The van der Waals surface area contributed by atoms with Gasteiger partial charge in [-0.3, -0.25) is 14.4 Å². The number of hydrogen-bond acceptors (Lipinski definition) is 6. The molecule has 0 amide bonds. The van der Waals surface area contributed by atoms with Crippen LogP contribution in [-0.2, 0) is 28.6 Å². The Morgan fingerprint density at radius 2 is 0.726 bits per heavy atom. The molecular weight excluding hydrogens is 769 g/mol. The zero-order valence-electron chi connectivity index (χ0n) is 39.6. The Morgan fingerprint density at radius 3 is 1.23 bits per heavy atom. The second-order valence-electron chi connectivity index (χ2n) is 15.8. The van der Waals surface area contributed by atoms with Crippen LogP contribution in [0.4, 0.5) is 0 Å². The smallest absolute Gasteiger partial charge is 0.306 e. The van der Waals surface area contributed by atoms with Crippen molar-refractivity contribution in [3.05, 3.63) is 122 Å². The minimum Gasteiger partial charge on any atom is -0.462 e. The molecule has 348 valence electrons. The molecule has 0 saturated carbocycles. The second-order valence-corrected chi connectivity index (χ2v) is 15.8. The predicted octanol–water partition coefficient (Wildman–Crippen LogP) is 16.1. The van der Waals surface area contributed by atoms with Gasteiger partial charge in [-0.25, -0.2) is 0 Å². The number of unbranched alkanes of at least 4 members (excludes halogenated alkanes) is 17. The third-order valence-electron chi connectivity index (χ3n) is 9.91. The quantitative estimate of drug-likeness (QED) is 0.0200. The Labute approximate surface area is 380 Å². The number of hydrogen-bond donors (Lipinski definition) is 0. The van der Waals surface area contributed by atoms with Gasteiger partial charge in [-0.1, -0.05) is 232 Å². The van der Waals surface area contributed by atoms with E-state index in [1.807, 2.05) is 72.9 Å². The van der Waals surface area contributed by atoms with Crippen LogP contribution >= 0.6 is 0 Å². The highest BCUT2D eigenvalue weighted by molar-refractivity contribution is 5.71. The van der Waals surface area contributed by atoms with Gasteiger partial charge in [0.1, 0.15) is 13.2 Å². The minimum absolute atomic E-state index is 0.120. The van der Waals surface area contributed by atoms with Crippen molar-refractivity contribution in [1.29, 1.82) is 0 Å². The maximum Gasteiger partial charge on any atom is 0.306 e. The molecule has 0 aliphatic heterocycles. The molecule has 0 N–H and O–H groups in total. The first-order chi connectivity index (χ1) is 30.5. The van der Waals surface area contributed by atoms with Crippen molar-refractivity contribution in [2.24, 2.45) is 0 Å². The van der Waals surface area contributed by atoms with Crippen molar-refractivity contribution in [3.63, 3.8) is 0 Å². The van der Waals surface area contributed by atoms with Crippen LogP contribution in [0.5, 0.6) is 0 Å². The van der Waals surface area contributed by atoms with Gasteiger partial charge in [-0.15, -0.1) is 0 Å². The van der Waals surface area contributed by atoms with Crippen LogP contribution in [0.1, 0.15) is 194 Å². The predicted molar refractivity (Wildman–Crippen MR) is 265 cm³/mol. The molecule has 0 heterocycles. The number of rotatable bonds is 42. The van der Waals surface area contributed by atoms with Crippen LogP contribution in [0.15, 0.2) is 122 Å². The summed E-state index contributed by atoms with van der Waals surface area (Å²) in [6, 6.07) is 0. The molecular formula is C56H88O6. The monoisotopic (exact) mass is 857 g/mol. The Kier molecular flexibility index (Phi) is 46.1. The average Bonchev–Trinajstić information content (AvgIpc) is 3.27. The topological polar surface area (TPSA) is 78.9 Å². The minimum atomic E-state index is -0.817. The van der Waals surface area contributed by atoms with E-state index in [0.717, 1.165) is 77.0 Å². The molecule has 0 aromatic heterocycles. The average molecular weight is 857 g/mol. The summed E-state index contributed by atoms with van der Waals surface area (Å²) in [6.07, 6.45) is 67.6. The first kappa shape index (κ1) is 57.8. The number of carbonyl (C=O) groups is 3. The molecule has 62 heavy (non-hydrogen) atoms. The molecule has 1 unspecified atom stereocenters. The van der Waals surface area contributed by atoms with E-state index in [1.54, 1.807) is 0 Å². The van der Waals surface area contributed by atoms with E-state index < -0.39 is 6.10 Å². The lowest BCUT2D eigenvalue weighted by atomic mass is 10.0. The lowest BCUT2D eigenvalue weighted by Gasteiger charge is -2.18. The van der Waals surface area contributed by atoms with Gasteiger partial charge in [-0.2, -0.15) is 0 Å². The van der Waals surface area contributed by atoms with Crippen molar-refractivity contribution >= 4 is 17.9 Å². The lowest BCUT2D eigenvalue weighted by Crippen LogP contribution is -2.30. The molecule has 0 aromatic carbocycles. The summed E-state index contributed by atoms with van der Waals surface area (Å²) in [7, 11) is 0. The van der Waals surface area contributed by atoms with Gasteiger partial charge in [0.25, 0.3) is 0 Å². The van der Waals surface area contributed by atoms with E-state index in [4.69, 9.17) is 14.2 Å². The van der Waals surface area contributed by atoms with Crippen LogP contribution < -0.4 is 0 Å². The normalized spacial score (nSPS) is 13.1. The van der Waals surface area contributed by atoms with Gasteiger partial charge in [0.05, 0.1) is 0 Å². The third kappa shape index (κ3) is 46.9. The Bertz CT molecular complexity index is 1350. The molecule has 0 radical (unpaired) electrons. The number of carbonyl (C=O) groups excluding carboxylic acids is 3. The van der Waals surface area contributed by atoms with Crippen molar-refractivity contribution in [2.45, 2.75) is 200 Å². The summed E-state index contributed by atoms with van der Waals surface area (Å²) >= 11 is 0. The lowest BCUT2D eigenvalue weighted by molar-refractivity contribution is -0.167. The molecule has 0 fully saturated rings. The van der Waals surface area contributed by atoms with E-state index >= 15 is 0 Å². The summed E-state index contributed by atoms with van der Waals surface area (Å²) in [6.45, 7) is 6.26. The van der Waals surface area contributed by atoms with Crippen LogP contribution in [-0.4, -0.2) is 37.2 Å². The summed E-state index contributed by atoms with van der Waals surface area (Å²) in [5, 5.41) is 0. The Morgan fingerprint density at radius 1 is 0.355 bits per heavy atom. The van der Waals surface area contributed by atoms with Crippen LogP contribution in [0.25, 0.3) is 0 Å². The fourth-order valence-electron chi connectivity index (χ4n) is 6.27. The molecule has 1 atom stereocenters. The maximum absolute atomic E-state index is 12.8. The molecule has 0 aliphatic carbocycles. The summed E-state index contributed by atoms with van der Waals surface area (Å²) < 4.78 is 16.7. The molecule has 0 bridgehead atoms. The largest absolute Gasteiger partial charge is 0.462 e. The first-order valence-corrected chi connectivity index (χ1v) is 24.6. The summed E-state index contributed by atoms with van der Waals surface area (Å²) in [5.41, 5.74) is 0. The summed E-state index contributed by atoms with van der Waals surface area (Å²) in [5.74, 6) is -1.02. The molecule has 0 rings (SSSR count). The zero-order chi connectivity index (χ0) is 45.1. The molecule has 0 spiro atoms. The highest BCUT2D eigenvalue weighted by Gasteiger charge is 2.19. The molecule has 6 heteroatoms. The fourth-order valence-corrected chi connectivity index (χ4v) is 6.27. The molecule has 0 aromatic rings. The number of allylic oxidation sites excluding steroid dienone is 20. The molecule has 6 nitrogen and oxygen atoms in total. The van der Waals surface area contributed by atoms with Crippen molar-refractivity contribution in [3.8, 4) is 0 Å². The Hall–Kier alpha value is -4.19. The summed E-state index contributed by atoms with van der Waals surface area (Å²) in [4.78, 5) is 37.9. The van der Waals surface area contributed by atoms with E-state index in [0.29, 0.717) is 19.3 Å². The van der Waals surface area contributed by atoms with Gasteiger partial charge in [-0.05, 0) is 64.2 Å². The van der Waals surface area contributed by atoms with Crippen LogP contribution in [0.3, 0.4) is 0 Å².